The molecule has 8 heteroatoms. The van der Waals surface area contributed by atoms with Crippen LogP contribution in [0.4, 0.5) is 11.5 Å². The summed E-state index contributed by atoms with van der Waals surface area (Å²) in [5.41, 5.74) is 6.04. The number of para-hydroxylation sites is 1. The van der Waals surface area contributed by atoms with Crippen molar-refractivity contribution in [3.63, 3.8) is 0 Å². The number of hydrogen-bond donors (Lipinski definition) is 2. The van der Waals surface area contributed by atoms with Gasteiger partial charge in [-0.25, -0.2) is 9.97 Å². The highest BCUT2D eigenvalue weighted by Gasteiger charge is 2.11. The van der Waals surface area contributed by atoms with E-state index in [0.717, 1.165) is 0 Å². The lowest BCUT2D eigenvalue weighted by molar-refractivity contribution is -0.113. The van der Waals surface area contributed by atoms with Crippen LogP contribution in [0.1, 0.15) is 0 Å². The van der Waals surface area contributed by atoms with Crippen LogP contribution < -0.4 is 11.1 Å². The predicted octanol–water partition coefficient (Wildman–Crippen LogP) is 3.10. The van der Waals surface area contributed by atoms with E-state index in [-0.39, 0.29) is 11.7 Å². The van der Waals surface area contributed by atoms with Gasteiger partial charge in [0, 0.05) is 12.4 Å². The number of carbonyl (C=O) groups is 1. The van der Waals surface area contributed by atoms with E-state index >= 15 is 0 Å². The number of nitrogens with one attached hydrogen (secondary N) is 1. The standard InChI is InChI=1S/C12H10Cl2N4OS/c13-7-2-1-3-8(14)10(7)18-9(19)6-20-12-11(15)16-4-5-17-12/h1-5H,6H2,(H2,15,16)(H,18,19). The summed E-state index contributed by atoms with van der Waals surface area (Å²) >= 11 is 13.1. The van der Waals surface area contributed by atoms with Gasteiger partial charge in [0.2, 0.25) is 5.91 Å². The smallest absolute Gasteiger partial charge is 0.234 e. The lowest BCUT2D eigenvalue weighted by atomic mass is 10.3. The Hall–Kier alpha value is -1.50. The highest BCUT2D eigenvalue weighted by molar-refractivity contribution is 8.00. The zero-order valence-electron chi connectivity index (χ0n) is 10.1. The van der Waals surface area contributed by atoms with E-state index in [1.807, 2.05) is 0 Å². The number of benzene rings is 1. The number of nitrogens with two attached hydrogens (primary N) is 1. The minimum atomic E-state index is -0.255. The van der Waals surface area contributed by atoms with Crippen LogP contribution in [0.2, 0.25) is 10.0 Å². The molecule has 0 radical (unpaired) electrons. The normalized spacial score (nSPS) is 10.3. The maximum absolute atomic E-state index is 11.9. The molecule has 0 atom stereocenters. The second-order valence-electron chi connectivity index (χ2n) is 3.68. The minimum Gasteiger partial charge on any atom is -0.381 e. The fraction of sp³-hybridized carbons (Fsp3) is 0.0833. The summed E-state index contributed by atoms with van der Waals surface area (Å²) in [4.78, 5) is 19.8. The van der Waals surface area contributed by atoms with Crippen LogP contribution in [0.15, 0.2) is 35.6 Å². The first-order valence-corrected chi connectivity index (χ1v) is 7.25. The number of amides is 1. The lowest BCUT2D eigenvalue weighted by Crippen LogP contribution is -2.15. The fourth-order valence-corrected chi connectivity index (χ4v) is 2.54. The highest BCUT2D eigenvalue weighted by atomic mass is 35.5. The van der Waals surface area contributed by atoms with E-state index in [9.17, 15) is 4.79 Å². The molecule has 0 spiro atoms. The van der Waals surface area contributed by atoms with Crippen molar-refractivity contribution in [3.05, 3.63) is 40.6 Å². The summed E-state index contributed by atoms with van der Waals surface area (Å²) < 4.78 is 0. The first-order chi connectivity index (χ1) is 9.58. The van der Waals surface area contributed by atoms with Gasteiger partial charge in [0.1, 0.15) is 5.03 Å². The molecule has 1 aromatic heterocycles. The van der Waals surface area contributed by atoms with Crippen molar-refractivity contribution >= 4 is 52.4 Å². The fourth-order valence-electron chi connectivity index (χ4n) is 1.37. The van der Waals surface area contributed by atoms with Gasteiger partial charge in [0.25, 0.3) is 0 Å². The van der Waals surface area contributed by atoms with Crippen LogP contribution in [-0.2, 0) is 4.79 Å². The second kappa shape index (κ2) is 6.78. The molecule has 0 fully saturated rings. The van der Waals surface area contributed by atoms with E-state index < -0.39 is 0 Å². The number of halogens is 2. The Kier molecular flexibility index (Phi) is 5.05. The number of thioether (sulfide) groups is 1. The summed E-state index contributed by atoms with van der Waals surface area (Å²) in [5, 5.41) is 3.93. The third kappa shape index (κ3) is 3.75. The van der Waals surface area contributed by atoms with Crippen LogP contribution >= 0.6 is 35.0 Å². The molecule has 1 amide bonds. The van der Waals surface area contributed by atoms with E-state index in [2.05, 4.69) is 15.3 Å². The van der Waals surface area contributed by atoms with Crippen LogP contribution in [0.25, 0.3) is 0 Å². The molecule has 0 bridgehead atoms. The summed E-state index contributed by atoms with van der Waals surface area (Å²) in [7, 11) is 0. The van der Waals surface area contributed by atoms with Gasteiger partial charge < -0.3 is 11.1 Å². The Bertz CT molecular complexity index is 618. The number of nitrogens with zero attached hydrogens (tertiary/aromatic N) is 2. The largest absolute Gasteiger partial charge is 0.381 e. The number of rotatable bonds is 4. The van der Waals surface area contributed by atoms with E-state index in [4.69, 9.17) is 28.9 Å². The predicted molar refractivity (Wildman–Crippen MR) is 82.3 cm³/mol. The minimum absolute atomic E-state index is 0.129. The van der Waals surface area contributed by atoms with Gasteiger partial charge >= 0.3 is 0 Å². The van der Waals surface area contributed by atoms with Crippen LogP contribution in [0, 0.1) is 0 Å². The summed E-state index contributed by atoms with van der Waals surface area (Å²) in [6, 6.07) is 5.00. The molecule has 0 aliphatic carbocycles. The monoisotopic (exact) mass is 328 g/mol. The van der Waals surface area contributed by atoms with E-state index in [1.165, 1.54) is 24.2 Å². The number of hydrogen-bond acceptors (Lipinski definition) is 5. The second-order valence-corrected chi connectivity index (χ2v) is 5.46. The van der Waals surface area contributed by atoms with Gasteiger partial charge in [-0.2, -0.15) is 0 Å². The number of anilines is 2. The van der Waals surface area contributed by atoms with Crippen molar-refractivity contribution in [2.24, 2.45) is 0 Å². The van der Waals surface area contributed by atoms with Crippen molar-refractivity contribution in [1.29, 1.82) is 0 Å². The van der Waals surface area contributed by atoms with Crippen molar-refractivity contribution in [3.8, 4) is 0 Å². The third-order valence-electron chi connectivity index (χ3n) is 2.26. The van der Waals surface area contributed by atoms with E-state index in [0.29, 0.717) is 26.6 Å². The van der Waals surface area contributed by atoms with Gasteiger partial charge in [0.05, 0.1) is 21.5 Å². The molecule has 20 heavy (non-hydrogen) atoms. The summed E-state index contributed by atoms with van der Waals surface area (Å²) in [5.74, 6) is 0.167. The Morgan fingerprint density at radius 2 is 1.90 bits per heavy atom. The van der Waals surface area contributed by atoms with Crippen molar-refractivity contribution < 1.29 is 4.79 Å². The molecule has 0 unspecified atom stereocenters. The van der Waals surface area contributed by atoms with Crippen molar-refractivity contribution in [2.75, 3.05) is 16.8 Å². The molecule has 0 aliphatic heterocycles. The zero-order valence-corrected chi connectivity index (χ0v) is 12.5. The molecule has 1 heterocycles. The molecule has 2 aromatic rings. The molecule has 1 aromatic carbocycles. The van der Waals surface area contributed by atoms with Crippen LogP contribution in [0.5, 0.6) is 0 Å². The number of carbonyl (C=O) groups excluding carboxylic acids is 1. The molecule has 104 valence electrons. The lowest BCUT2D eigenvalue weighted by Gasteiger charge is -2.09. The maximum Gasteiger partial charge on any atom is 0.234 e. The van der Waals surface area contributed by atoms with Crippen molar-refractivity contribution in [2.45, 2.75) is 5.03 Å². The molecule has 0 saturated heterocycles. The highest BCUT2D eigenvalue weighted by Crippen LogP contribution is 2.30. The average Bonchev–Trinajstić information content (AvgIpc) is 2.42. The quantitative estimate of drug-likeness (QED) is 0.843. The average molecular weight is 329 g/mol. The Morgan fingerprint density at radius 3 is 2.55 bits per heavy atom. The van der Waals surface area contributed by atoms with Gasteiger partial charge in [-0.05, 0) is 12.1 Å². The van der Waals surface area contributed by atoms with Crippen LogP contribution in [-0.4, -0.2) is 21.6 Å². The Morgan fingerprint density at radius 1 is 1.25 bits per heavy atom. The number of nitrogen functional groups attached to an aromatic ring is 1. The maximum atomic E-state index is 11.9. The van der Waals surface area contributed by atoms with E-state index in [1.54, 1.807) is 18.2 Å². The first kappa shape index (κ1) is 14.9. The molecule has 2 rings (SSSR count). The third-order valence-corrected chi connectivity index (χ3v) is 3.88. The van der Waals surface area contributed by atoms with Gasteiger partial charge in [0.15, 0.2) is 5.82 Å². The topological polar surface area (TPSA) is 80.9 Å². The van der Waals surface area contributed by atoms with Gasteiger partial charge in [-0.1, -0.05) is 41.0 Å². The Balaban J connectivity index is 1.98. The number of aromatic nitrogens is 2. The van der Waals surface area contributed by atoms with Gasteiger partial charge in [-0.3, -0.25) is 4.79 Å². The molecular weight excluding hydrogens is 319 g/mol. The zero-order chi connectivity index (χ0) is 14.5. The molecule has 0 saturated carbocycles. The Labute approximate surface area is 129 Å². The molecule has 0 aliphatic rings. The molecule has 5 nitrogen and oxygen atoms in total. The molecular formula is C12H10Cl2N4OS. The van der Waals surface area contributed by atoms with Crippen LogP contribution in [0.3, 0.4) is 0 Å². The molecule has 3 N–H and O–H groups in total. The first-order valence-electron chi connectivity index (χ1n) is 5.51. The summed E-state index contributed by atoms with van der Waals surface area (Å²) in [6.45, 7) is 0. The SMILES string of the molecule is Nc1nccnc1SCC(=O)Nc1c(Cl)cccc1Cl. The summed E-state index contributed by atoms with van der Waals surface area (Å²) in [6.07, 6.45) is 3.00. The van der Waals surface area contributed by atoms with Crippen molar-refractivity contribution in [1.82, 2.24) is 9.97 Å². The van der Waals surface area contributed by atoms with Gasteiger partial charge in [-0.15, -0.1) is 0 Å².